The molecule has 114 valence electrons. The number of H-pyrrole nitrogens is 1. The molecule has 22 heavy (non-hydrogen) atoms. The van der Waals surface area contributed by atoms with Gasteiger partial charge in [0, 0.05) is 18.5 Å². The molecule has 1 amide bonds. The fourth-order valence-corrected chi connectivity index (χ4v) is 2.32. The molecule has 0 aliphatic carbocycles. The van der Waals surface area contributed by atoms with E-state index in [2.05, 4.69) is 15.5 Å². The smallest absolute Gasteiger partial charge is 0.326 e. The van der Waals surface area contributed by atoms with Gasteiger partial charge in [0.1, 0.15) is 5.69 Å². The number of rotatable bonds is 3. The van der Waals surface area contributed by atoms with Gasteiger partial charge in [-0.1, -0.05) is 19.0 Å². The van der Waals surface area contributed by atoms with Gasteiger partial charge < -0.3 is 14.8 Å². The lowest BCUT2D eigenvalue weighted by molar-refractivity contribution is 0.102. The normalized spacial score (nSPS) is 11.3. The second-order valence-corrected chi connectivity index (χ2v) is 5.43. The molecule has 0 bridgehead atoms. The van der Waals surface area contributed by atoms with Gasteiger partial charge in [-0.2, -0.15) is 0 Å². The molecule has 0 aliphatic rings. The number of anilines is 1. The topological polar surface area (TPSA) is 92.9 Å². The van der Waals surface area contributed by atoms with Gasteiger partial charge in [-0.3, -0.25) is 9.36 Å². The molecule has 2 aromatic heterocycles. The van der Waals surface area contributed by atoms with E-state index in [1.54, 1.807) is 25.2 Å². The summed E-state index contributed by atoms with van der Waals surface area (Å²) in [7, 11) is 1.65. The fraction of sp³-hybridized carbons (Fsp3) is 0.267. The number of fused-ring (bicyclic) bond motifs is 1. The largest absolute Gasteiger partial charge is 0.359 e. The van der Waals surface area contributed by atoms with Crippen molar-refractivity contribution in [2.75, 3.05) is 5.32 Å². The molecule has 0 spiro atoms. The van der Waals surface area contributed by atoms with E-state index >= 15 is 0 Å². The summed E-state index contributed by atoms with van der Waals surface area (Å²) in [5, 5.41) is 6.50. The predicted molar refractivity (Wildman–Crippen MR) is 82.1 cm³/mol. The maximum absolute atomic E-state index is 12.4. The van der Waals surface area contributed by atoms with E-state index in [0.29, 0.717) is 28.0 Å². The van der Waals surface area contributed by atoms with Crippen LogP contribution in [0.3, 0.4) is 0 Å². The Bertz CT molecular complexity index is 901. The van der Waals surface area contributed by atoms with Crippen LogP contribution in [0.5, 0.6) is 0 Å². The molecular formula is C15H16N4O3. The van der Waals surface area contributed by atoms with E-state index in [0.717, 1.165) is 0 Å². The van der Waals surface area contributed by atoms with Crippen molar-refractivity contribution in [2.45, 2.75) is 19.8 Å². The number of aryl methyl sites for hydroxylation is 1. The van der Waals surface area contributed by atoms with Crippen molar-refractivity contribution < 1.29 is 9.32 Å². The minimum atomic E-state index is -0.277. The molecule has 0 saturated heterocycles. The van der Waals surface area contributed by atoms with Gasteiger partial charge in [0.15, 0.2) is 5.76 Å². The van der Waals surface area contributed by atoms with Gasteiger partial charge in [-0.25, -0.2) is 4.79 Å². The van der Waals surface area contributed by atoms with Crippen molar-refractivity contribution in [1.29, 1.82) is 0 Å². The number of aromatic nitrogens is 3. The van der Waals surface area contributed by atoms with Crippen molar-refractivity contribution in [1.82, 2.24) is 14.7 Å². The first-order valence-corrected chi connectivity index (χ1v) is 6.92. The molecule has 3 aromatic rings. The van der Waals surface area contributed by atoms with Crippen LogP contribution >= 0.6 is 0 Å². The van der Waals surface area contributed by atoms with Crippen molar-refractivity contribution in [3.8, 4) is 0 Å². The number of carbonyl (C=O) groups is 1. The molecule has 2 heterocycles. The maximum Gasteiger partial charge on any atom is 0.326 e. The molecule has 0 aliphatic heterocycles. The Morgan fingerprint density at radius 2 is 2.18 bits per heavy atom. The van der Waals surface area contributed by atoms with Crippen LogP contribution < -0.4 is 11.0 Å². The zero-order valence-electron chi connectivity index (χ0n) is 12.5. The second-order valence-electron chi connectivity index (χ2n) is 5.43. The average molecular weight is 300 g/mol. The number of hydrogen-bond acceptors (Lipinski definition) is 4. The summed E-state index contributed by atoms with van der Waals surface area (Å²) < 4.78 is 6.60. The van der Waals surface area contributed by atoms with Gasteiger partial charge in [-0.05, 0) is 18.2 Å². The second kappa shape index (κ2) is 5.18. The van der Waals surface area contributed by atoms with Crippen LogP contribution in [0.4, 0.5) is 5.69 Å². The van der Waals surface area contributed by atoms with Crippen LogP contribution in [0, 0.1) is 0 Å². The molecule has 0 saturated carbocycles. The van der Waals surface area contributed by atoms with Crippen LogP contribution in [0.2, 0.25) is 0 Å². The Kier molecular flexibility index (Phi) is 3.32. The van der Waals surface area contributed by atoms with E-state index in [4.69, 9.17) is 4.52 Å². The molecule has 7 nitrogen and oxygen atoms in total. The van der Waals surface area contributed by atoms with Crippen molar-refractivity contribution in [3.05, 3.63) is 46.2 Å². The maximum atomic E-state index is 12.4. The highest BCUT2D eigenvalue weighted by atomic mass is 16.5. The summed E-state index contributed by atoms with van der Waals surface area (Å²) in [6.45, 7) is 3.91. The lowest BCUT2D eigenvalue weighted by atomic mass is 10.1. The van der Waals surface area contributed by atoms with E-state index in [9.17, 15) is 9.59 Å². The predicted octanol–water partition coefficient (Wildman–Crippen LogP) is 2.23. The number of carbonyl (C=O) groups excluding carboxylic acids is 1. The minimum Gasteiger partial charge on any atom is -0.359 e. The first kappa shape index (κ1) is 14.1. The van der Waals surface area contributed by atoms with Crippen LogP contribution in [-0.4, -0.2) is 20.6 Å². The Hall–Kier alpha value is -2.83. The number of nitrogens with one attached hydrogen (secondary N) is 2. The van der Waals surface area contributed by atoms with Crippen molar-refractivity contribution in [3.63, 3.8) is 0 Å². The van der Waals surface area contributed by atoms with E-state index in [1.807, 2.05) is 13.8 Å². The first-order chi connectivity index (χ1) is 10.5. The lowest BCUT2D eigenvalue weighted by Gasteiger charge is -2.06. The third-order valence-corrected chi connectivity index (χ3v) is 3.54. The first-order valence-electron chi connectivity index (χ1n) is 6.92. The average Bonchev–Trinajstić information content (AvgIpc) is 3.04. The number of imidazole rings is 1. The van der Waals surface area contributed by atoms with Crippen LogP contribution in [0.25, 0.3) is 11.0 Å². The molecule has 2 N–H and O–H groups in total. The molecule has 3 rings (SSSR count). The van der Waals surface area contributed by atoms with Crippen molar-refractivity contribution in [2.24, 2.45) is 7.05 Å². The van der Waals surface area contributed by atoms with Gasteiger partial charge >= 0.3 is 5.69 Å². The molecule has 0 radical (unpaired) electrons. The number of hydrogen-bond donors (Lipinski definition) is 2. The van der Waals surface area contributed by atoms with Gasteiger partial charge in [0.2, 0.25) is 0 Å². The number of nitrogens with zero attached hydrogens (tertiary/aromatic N) is 2. The summed E-state index contributed by atoms with van der Waals surface area (Å²) in [6, 6.07) is 5.05. The van der Waals surface area contributed by atoms with Gasteiger partial charge in [-0.15, -0.1) is 0 Å². The van der Waals surface area contributed by atoms with Gasteiger partial charge in [0.05, 0.1) is 17.2 Å². The third kappa shape index (κ3) is 2.30. The monoisotopic (exact) mass is 300 g/mol. The van der Waals surface area contributed by atoms with Crippen molar-refractivity contribution >= 4 is 22.6 Å². The zero-order valence-corrected chi connectivity index (χ0v) is 12.5. The molecule has 7 heteroatoms. The van der Waals surface area contributed by atoms with E-state index < -0.39 is 0 Å². The SMILES string of the molecule is CC(C)c1oncc1NC(=O)c1ccc2[nH]c(=O)n(C)c2c1. The summed E-state index contributed by atoms with van der Waals surface area (Å²) in [5.74, 6) is 0.467. The van der Waals surface area contributed by atoms with E-state index in [-0.39, 0.29) is 17.5 Å². The zero-order chi connectivity index (χ0) is 15.9. The standard InChI is InChI=1S/C15H16N4O3/c1-8(2)13-11(7-16-22-13)17-14(20)9-4-5-10-12(6-9)19(3)15(21)18-10/h4-8H,1-3H3,(H,17,20)(H,18,21). The molecule has 0 unspecified atom stereocenters. The molecule has 1 aromatic carbocycles. The Morgan fingerprint density at radius 1 is 1.41 bits per heavy atom. The van der Waals surface area contributed by atoms with Crippen LogP contribution in [-0.2, 0) is 7.05 Å². The fourth-order valence-electron chi connectivity index (χ4n) is 2.32. The van der Waals surface area contributed by atoms with Crippen LogP contribution in [0.15, 0.2) is 33.7 Å². The minimum absolute atomic E-state index is 0.116. The highest BCUT2D eigenvalue weighted by molar-refractivity contribution is 6.06. The highest BCUT2D eigenvalue weighted by Crippen LogP contribution is 2.24. The Labute approximate surface area is 125 Å². The molecule has 0 atom stereocenters. The summed E-state index contributed by atoms with van der Waals surface area (Å²) in [4.78, 5) is 26.7. The van der Waals surface area contributed by atoms with E-state index in [1.165, 1.54) is 10.8 Å². The number of aromatic amines is 1. The summed E-state index contributed by atoms with van der Waals surface area (Å²) >= 11 is 0. The number of benzene rings is 1. The molecular weight excluding hydrogens is 284 g/mol. The number of amides is 1. The molecule has 0 fully saturated rings. The van der Waals surface area contributed by atoms with Crippen LogP contribution in [0.1, 0.15) is 35.9 Å². The summed E-state index contributed by atoms with van der Waals surface area (Å²) in [6.07, 6.45) is 1.48. The summed E-state index contributed by atoms with van der Waals surface area (Å²) in [5.41, 5.74) is 2.17. The van der Waals surface area contributed by atoms with Gasteiger partial charge in [0.25, 0.3) is 5.91 Å². The Balaban J connectivity index is 1.93. The quantitative estimate of drug-likeness (QED) is 0.775. The highest BCUT2D eigenvalue weighted by Gasteiger charge is 2.16. The lowest BCUT2D eigenvalue weighted by Crippen LogP contribution is -2.13. The third-order valence-electron chi connectivity index (χ3n) is 3.54. The Morgan fingerprint density at radius 3 is 2.91 bits per heavy atom.